The highest BCUT2D eigenvalue weighted by atomic mass is 32.2. The first kappa shape index (κ1) is 15.4. The highest BCUT2D eigenvalue weighted by Crippen LogP contribution is 2.11. The molecule has 4 nitrogen and oxygen atoms in total. The molecule has 0 radical (unpaired) electrons. The molecule has 0 unspecified atom stereocenters. The largest absolute Gasteiger partial charge is 0.293 e. The molecule has 0 aliphatic rings. The van der Waals surface area contributed by atoms with Crippen molar-refractivity contribution in [2.45, 2.75) is 18.7 Å². The van der Waals surface area contributed by atoms with Gasteiger partial charge in [-0.2, -0.15) is 0 Å². The van der Waals surface area contributed by atoms with E-state index in [-0.39, 0.29) is 17.2 Å². The quantitative estimate of drug-likeness (QED) is 0.863. The maximum Gasteiger partial charge on any atom is 0.240 e. The van der Waals surface area contributed by atoms with E-state index in [0.717, 1.165) is 11.1 Å². The van der Waals surface area contributed by atoms with E-state index < -0.39 is 10.0 Å². The summed E-state index contributed by atoms with van der Waals surface area (Å²) in [5, 5.41) is 0. The van der Waals surface area contributed by atoms with Gasteiger partial charge in [-0.1, -0.05) is 42.0 Å². The second kappa shape index (κ2) is 6.20. The molecule has 0 spiro atoms. The van der Waals surface area contributed by atoms with Gasteiger partial charge in [-0.25, -0.2) is 13.1 Å². The van der Waals surface area contributed by atoms with Crippen LogP contribution < -0.4 is 4.72 Å². The fourth-order valence-corrected chi connectivity index (χ4v) is 2.92. The number of benzene rings is 2. The molecule has 0 amide bonds. The molecule has 0 bridgehead atoms. The Hall–Kier alpha value is -1.98. The second-order valence-corrected chi connectivity index (χ2v) is 6.64. The van der Waals surface area contributed by atoms with E-state index in [0.29, 0.717) is 5.56 Å². The minimum Gasteiger partial charge on any atom is -0.293 e. The first-order valence-corrected chi connectivity index (χ1v) is 8.03. The maximum absolute atomic E-state index is 12.1. The van der Waals surface area contributed by atoms with Gasteiger partial charge in [0.2, 0.25) is 10.0 Å². The third-order valence-electron chi connectivity index (χ3n) is 3.20. The summed E-state index contributed by atoms with van der Waals surface area (Å²) in [6.07, 6.45) is 0. The Kier molecular flexibility index (Phi) is 4.55. The first-order chi connectivity index (χ1) is 9.90. The summed E-state index contributed by atoms with van der Waals surface area (Å²) >= 11 is 0. The molecule has 0 heterocycles. The smallest absolute Gasteiger partial charge is 0.240 e. The van der Waals surface area contributed by atoms with Crippen molar-refractivity contribution < 1.29 is 13.2 Å². The molecule has 0 fully saturated rings. The molecule has 0 atom stereocenters. The van der Waals surface area contributed by atoms with Gasteiger partial charge in [0.15, 0.2) is 5.78 Å². The van der Waals surface area contributed by atoms with E-state index in [1.165, 1.54) is 12.1 Å². The van der Waals surface area contributed by atoms with E-state index in [1.54, 1.807) is 24.3 Å². The molecule has 21 heavy (non-hydrogen) atoms. The van der Waals surface area contributed by atoms with Gasteiger partial charge in [-0.3, -0.25) is 4.79 Å². The number of Topliss-reactive ketones (excluding diaryl/α,β-unsaturated/α-hetero) is 1. The molecule has 0 aromatic heterocycles. The summed E-state index contributed by atoms with van der Waals surface area (Å²) in [7, 11) is -3.66. The molecular formula is C16H17NO3S. The van der Waals surface area contributed by atoms with Crippen LogP contribution in [0, 0.1) is 13.8 Å². The predicted molar refractivity (Wildman–Crippen MR) is 81.9 cm³/mol. The Labute approximate surface area is 124 Å². The normalized spacial score (nSPS) is 11.3. The average molecular weight is 303 g/mol. The second-order valence-electron chi connectivity index (χ2n) is 4.88. The number of aryl methyl sites for hydroxylation is 2. The average Bonchev–Trinajstić information content (AvgIpc) is 2.46. The van der Waals surface area contributed by atoms with Gasteiger partial charge >= 0.3 is 0 Å². The summed E-state index contributed by atoms with van der Waals surface area (Å²) < 4.78 is 26.5. The predicted octanol–water partition coefficient (Wildman–Crippen LogP) is 2.46. The van der Waals surface area contributed by atoms with E-state index in [9.17, 15) is 13.2 Å². The zero-order chi connectivity index (χ0) is 15.5. The molecular weight excluding hydrogens is 286 g/mol. The Morgan fingerprint density at radius 3 is 2.24 bits per heavy atom. The van der Waals surface area contributed by atoms with Crippen molar-refractivity contribution in [3.63, 3.8) is 0 Å². The minimum atomic E-state index is -3.66. The first-order valence-electron chi connectivity index (χ1n) is 6.55. The number of sulfonamides is 1. The fourth-order valence-electron chi connectivity index (χ4n) is 1.94. The van der Waals surface area contributed by atoms with Crippen LogP contribution in [0.4, 0.5) is 0 Å². The molecule has 0 aliphatic carbocycles. The number of ketones is 1. The van der Waals surface area contributed by atoms with Crippen LogP contribution in [0.2, 0.25) is 0 Å². The van der Waals surface area contributed by atoms with Gasteiger partial charge in [-0.15, -0.1) is 0 Å². The van der Waals surface area contributed by atoms with E-state index >= 15 is 0 Å². The van der Waals surface area contributed by atoms with Gasteiger partial charge in [0.1, 0.15) is 0 Å². The van der Waals surface area contributed by atoms with Crippen molar-refractivity contribution in [1.82, 2.24) is 4.72 Å². The van der Waals surface area contributed by atoms with Crippen molar-refractivity contribution >= 4 is 15.8 Å². The summed E-state index contributed by atoms with van der Waals surface area (Å²) in [6.45, 7) is 3.45. The van der Waals surface area contributed by atoms with E-state index in [2.05, 4.69) is 4.72 Å². The molecule has 2 rings (SSSR count). The number of nitrogens with one attached hydrogen (secondary N) is 1. The number of hydrogen-bond donors (Lipinski definition) is 1. The third-order valence-corrected chi connectivity index (χ3v) is 4.62. The monoisotopic (exact) mass is 303 g/mol. The van der Waals surface area contributed by atoms with Crippen molar-refractivity contribution in [1.29, 1.82) is 0 Å². The van der Waals surface area contributed by atoms with Crippen molar-refractivity contribution in [2.24, 2.45) is 0 Å². The van der Waals surface area contributed by atoms with Crippen LogP contribution >= 0.6 is 0 Å². The van der Waals surface area contributed by atoms with Crippen LogP contribution in [0.1, 0.15) is 21.5 Å². The number of carbonyl (C=O) groups is 1. The van der Waals surface area contributed by atoms with Crippen LogP contribution in [-0.4, -0.2) is 20.7 Å². The Morgan fingerprint density at radius 2 is 1.62 bits per heavy atom. The summed E-state index contributed by atoms with van der Waals surface area (Å²) in [5.74, 6) is -0.246. The SMILES string of the molecule is Cc1ccc(S(=O)(=O)NCC(=O)c2ccccc2C)cc1. The Morgan fingerprint density at radius 1 is 1.00 bits per heavy atom. The van der Waals surface area contributed by atoms with Crippen LogP contribution in [0.3, 0.4) is 0 Å². The number of carbonyl (C=O) groups excluding carboxylic acids is 1. The molecule has 5 heteroatoms. The third kappa shape index (κ3) is 3.77. The van der Waals surface area contributed by atoms with E-state index in [1.807, 2.05) is 26.0 Å². The highest BCUT2D eigenvalue weighted by Gasteiger charge is 2.16. The zero-order valence-corrected chi connectivity index (χ0v) is 12.8. The number of hydrogen-bond acceptors (Lipinski definition) is 3. The lowest BCUT2D eigenvalue weighted by Crippen LogP contribution is -2.30. The van der Waals surface area contributed by atoms with E-state index in [4.69, 9.17) is 0 Å². The Bertz CT molecular complexity index is 749. The molecule has 2 aromatic carbocycles. The van der Waals surface area contributed by atoms with Gasteiger partial charge in [0.05, 0.1) is 11.4 Å². The molecule has 0 saturated carbocycles. The van der Waals surface area contributed by atoms with Gasteiger partial charge in [0, 0.05) is 5.56 Å². The zero-order valence-electron chi connectivity index (χ0n) is 12.0. The fraction of sp³-hybridized carbons (Fsp3) is 0.188. The molecule has 110 valence electrons. The summed E-state index contributed by atoms with van der Waals surface area (Å²) in [5.41, 5.74) is 2.34. The lowest BCUT2D eigenvalue weighted by molar-refractivity contribution is 0.0996. The topological polar surface area (TPSA) is 63.2 Å². The Balaban J connectivity index is 2.10. The van der Waals surface area contributed by atoms with Crippen molar-refractivity contribution in [3.05, 3.63) is 65.2 Å². The van der Waals surface area contributed by atoms with Crippen LogP contribution in [0.15, 0.2) is 53.4 Å². The van der Waals surface area contributed by atoms with Crippen LogP contribution in [0.25, 0.3) is 0 Å². The van der Waals surface area contributed by atoms with Crippen LogP contribution in [-0.2, 0) is 10.0 Å². The van der Waals surface area contributed by atoms with Crippen molar-refractivity contribution in [2.75, 3.05) is 6.54 Å². The molecule has 0 saturated heterocycles. The minimum absolute atomic E-state index is 0.158. The summed E-state index contributed by atoms with van der Waals surface area (Å²) in [4.78, 5) is 12.2. The molecule has 1 N–H and O–H groups in total. The van der Waals surface area contributed by atoms with Gasteiger partial charge < -0.3 is 0 Å². The van der Waals surface area contributed by atoms with Crippen LogP contribution in [0.5, 0.6) is 0 Å². The molecule has 2 aromatic rings. The summed E-state index contributed by atoms with van der Waals surface area (Å²) in [6, 6.07) is 13.6. The van der Waals surface area contributed by atoms with Gasteiger partial charge in [0.25, 0.3) is 0 Å². The molecule has 0 aliphatic heterocycles. The lowest BCUT2D eigenvalue weighted by atomic mass is 10.1. The maximum atomic E-state index is 12.1. The highest BCUT2D eigenvalue weighted by molar-refractivity contribution is 7.89. The lowest BCUT2D eigenvalue weighted by Gasteiger charge is -2.08. The van der Waals surface area contributed by atoms with Gasteiger partial charge in [-0.05, 0) is 31.5 Å². The number of rotatable bonds is 5. The van der Waals surface area contributed by atoms with Crippen molar-refractivity contribution in [3.8, 4) is 0 Å². The standard InChI is InChI=1S/C16H17NO3S/c1-12-7-9-14(10-8-12)21(19,20)17-11-16(18)15-6-4-3-5-13(15)2/h3-10,17H,11H2,1-2H3.